The Bertz CT molecular complexity index is 705. The summed E-state index contributed by atoms with van der Waals surface area (Å²) >= 11 is 0. The number of benzene rings is 1. The lowest BCUT2D eigenvalue weighted by Crippen LogP contribution is -2.51. The van der Waals surface area contributed by atoms with Crippen molar-refractivity contribution >= 4 is 17.7 Å². The van der Waals surface area contributed by atoms with Crippen LogP contribution in [0.15, 0.2) is 30.3 Å². The van der Waals surface area contributed by atoms with E-state index in [4.69, 9.17) is 0 Å². The van der Waals surface area contributed by atoms with Crippen LogP contribution in [-0.4, -0.2) is 36.3 Å². The number of hydrogen-bond acceptors (Lipinski definition) is 3. The van der Waals surface area contributed by atoms with Gasteiger partial charge in [-0.2, -0.15) is 0 Å². The Labute approximate surface area is 187 Å². The molecule has 0 aliphatic carbocycles. The third-order valence-electron chi connectivity index (χ3n) is 5.79. The van der Waals surface area contributed by atoms with Gasteiger partial charge in [0.2, 0.25) is 17.7 Å². The largest absolute Gasteiger partial charge is 0.352 e. The predicted octanol–water partition coefficient (Wildman–Crippen LogP) is 3.60. The summed E-state index contributed by atoms with van der Waals surface area (Å²) in [5.74, 6) is -0.174. The molecule has 1 rings (SSSR count). The molecular formula is C25H41N3O3. The second-order valence-electron chi connectivity index (χ2n) is 9.31. The first-order chi connectivity index (χ1) is 14.6. The van der Waals surface area contributed by atoms with E-state index in [0.29, 0.717) is 18.8 Å². The van der Waals surface area contributed by atoms with Crippen molar-refractivity contribution in [1.29, 1.82) is 0 Å². The van der Waals surface area contributed by atoms with Gasteiger partial charge in [-0.25, -0.2) is 0 Å². The summed E-state index contributed by atoms with van der Waals surface area (Å²) in [6, 6.07) is 8.84. The van der Waals surface area contributed by atoms with Crippen molar-refractivity contribution in [1.82, 2.24) is 16.0 Å². The van der Waals surface area contributed by atoms with Gasteiger partial charge < -0.3 is 16.0 Å². The van der Waals surface area contributed by atoms with E-state index in [1.54, 1.807) is 0 Å². The SMILES string of the molecule is CCC(C)CC(C)(CC)CC(=O)NCC(=O)N[C@@H](Cc1ccccc1)C(=O)NC(C)C. The maximum atomic E-state index is 12.6. The second-order valence-corrected chi connectivity index (χ2v) is 9.31. The summed E-state index contributed by atoms with van der Waals surface area (Å²) in [4.78, 5) is 37.5. The van der Waals surface area contributed by atoms with Crippen LogP contribution in [-0.2, 0) is 20.8 Å². The molecule has 174 valence electrons. The number of amides is 3. The first-order valence-corrected chi connectivity index (χ1v) is 11.5. The maximum Gasteiger partial charge on any atom is 0.243 e. The fourth-order valence-electron chi connectivity index (χ4n) is 3.65. The van der Waals surface area contributed by atoms with Gasteiger partial charge in [-0.15, -0.1) is 0 Å². The van der Waals surface area contributed by atoms with E-state index in [0.717, 1.165) is 24.8 Å². The Hall–Kier alpha value is -2.37. The zero-order valence-electron chi connectivity index (χ0n) is 20.1. The van der Waals surface area contributed by atoms with E-state index in [1.165, 1.54) is 0 Å². The molecule has 0 saturated heterocycles. The number of carbonyl (C=O) groups excluding carboxylic acids is 3. The number of nitrogens with one attached hydrogen (secondary N) is 3. The lowest BCUT2D eigenvalue weighted by molar-refractivity contribution is -0.130. The third kappa shape index (κ3) is 10.5. The number of hydrogen-bond donors (Lipinski definition) is 3. The predicted molar refractivity (Wildman–Crippen MR) is 125 cm³/mol. The smallest absolute Gasteiger partial charge is 0.243 e. The van der Waals surface area contributed by atoms with Gasteiger partial charge in [0.25, 0.3) is 0 Å². The monoisotopic (exact) mass is 431 g/mol. The minimum Gasteiger partial charge on any atom is -0.352 e. The molecular weight excluding hydrogens is 390 g/mol. The molecule has 0 aliphatic rings. The Morgan fingerprint density at radius 1 is 0.968 bits per heavy atom. The van der Waals surface area contributed by atoms with Gasteiger partial charge in [-0.3, -0.25) is 14.4 Å². The van der Waals surface area contributed by atoms with E-state index in [-0.39, 0.29) is 35.7 Å². The van der Waals surface area contributed by atoms with E-state index in [1.807, 2.05) is 44.2 Å². The molecule has 3 N–H and O–H groups in total. The van der Waals surface area contributed by atoms with Gasteiger partial charge in [0, 0.05) is 18.9 Å². The van der Waals surface area contributed by atoms with E-state index in [9.17, 15) is 14.4 Å². The van der Waals surface area contributed by atoms with Crippen LogP contribution in [0.2, 0.25) is 0 Å². The lowest BCUT2D eigenvalue weighted by Gasteiger charge is -2.30. The summed E-state index contributed by atoms with van der Waals surface area (Å²) in [5.41, 5.74) is 0.877. The molecule has 6 nitrogen and oxygen atoms in total. The van der Waals surface area contributed by atoms with Gasteiger partial charge in [-0.05, 0) is 37.2 Å². The Kier molecular flexibility index (Phi) is 11.3. The van der Waals surface area contributed by atoms with Crippen LogP contribution in [0.1, 0.15) is 72.8 Å². The van der Waals surface area contributed by atoms with Gasteiger partial charge >= 0.3 is 0 Å². The summed E-state index contributed by atoms with van der Waals surface area (Å²) in [7, 11) is 0. The molecule has 0 radical (unpaired) electrons. The average Bonchev–Trinajstić information content (AvgIpc) is 2.71. The lowest BCUT2D eigenvalue weighted by atomic mass is 9.76. The Morgan fingerprint density at radius 3 is 2.16 bits per heavy atom. The van der Waals surface area contributed by atoms with Crippen molar-refractivity contribution < 1.29 is 14.4 Å². The van der Waals surface area contributed by atoms with Gasteiger partial charge in [0.1, 0.15) is 6.04 Å². The molecule has 0 spiro atoms. The van der Waals surface area contributed by atoms with Crippen molar-refractivity contribution in [2.45, 2.75) is 85.7 Å². The van der Waals surface area contributed by atoms with Crippen molar-refractivity contribution in [3.8, 4) is 0 Å². The van der Waals surface area contributed by atoms with Crippen molar-refractivity contribution in [3.63, 3.8) is 0 Å². The molecule has 0 bridgehead atoms. The Morgan fingerprint density at radius 2 is 1.61 bits per heavy atom. The zero-order valence-corrected chi connectivity index (χ0v) is 20.1. The van der Waals surface area contributed by atoms with Crippen LogP contribution in [0.5, 0.6) is 0 Å². The molecule has 0 heterocycles. The zero-order chi connectivity index (χ0) is 23.4. The Balaban J connectivity index is 2.66. The van der Waals surface area contributed by atoms with E-state index >= 15 is 0 Å². The van der Waals surface area contributed by atoms with Gasteiger partial charge in [0.15, 0.2) is 0 Å². The quantitative estimate of drug-likeness (QED) is 0.446. The molecule has 3 amide bonds. The van der Waals surface area contributed by atoms with Crippen LogP contribution in [0, 0.1) is 11.3 Å². The maximum absolute atomic E-state index is 12.6. The highest BCUT2D eigenvalue weighted by atomic mass is 16.2. The van der Waals surface area contributed by atoms with Crippen LogP contribution in [0.4, 0.5) is 0 Å². The van der Waals surface area contributed by atoms with Crippen molar-refractivity contribution in [2.24, 2.45) is 11.3 Å². The highest BCUT2D eigenvalue weighted by Gasteiger charge is 2.28. The van der Waals surface area contributed by atoms with Gasteiger partial charge in [0.05, 0.1) is 6.54 Å². The number of carbonyl (C=O) groups is 3. The topological polar surface area (TPSA) is 87.3 Å². The summed E-state index contributed by atoms with van der Waals surface area (Å²) < 4.78 is 0. The summed E-state index contributed by atoms with van der Waals surface area (Å²) in [6.45, 7) is 12.2. The normalized spacial score (nSPS) is 14.9. The minimum absolute atomic E-state index is 0.0281. The molecule has 2 unspecified atom stereocenters. The standard InChI is InChI=1S/C25H41N3O3/c1-7-19(5)15-25(6,8-2)16-22(29)26-17-23(30)28-21(24(31)27-18(3)4)14-20-12-10-9-11-13-20/h9-13,18-19,21H,7-8,14-17H2,1-6H3,(H,26,29)(H,27,31)(H,28,30)/t19?,21-,25?/m0/s1. The minimum atomic E-state index is -0.694. The molecule has 0 aromatic heterocycles. The summed E-state index contributed by atoms with van der Waals surface area (Å²) in [5, 5.41) is 8.36. The van der Waals surface area contributed by atoms with Gasteiger partial charge in [-0.1, -0.05) is 70.9 Å². The molecule has 1 aromatic rings. The highest BCUT2D eigenvalue weighted by molar-refractivity contribution is 5.90. The first kappa shape index (κ1) is 26.7. The fraction of sp³-hybridized carbons (Fsp3) is 0.640. The van der Waals surface area contributed by atoms with Crippen molar-refractivity contribution in [3.05, 3.63) is 35.9 Å². The van der Waals surface area contributed by atoms with Crippen LogP contribution < -0.4 is 16.0 Å². The van der Waals surface area contributed by atoms with Crippen LogP contribution in [0.25, 0.3) is 0 Å². The van der Waals surface area contributed by atoms with Crippen molar-refractivity contribution in [2.75, 3.05) is 6.54 Å². The van der Waals surface area contributed by atoms with E-state index in [2.05, 4.69) is 43.6 Å². The third-order valence-corrected chi connectivity index (χ3v) is 5.79. The van der Waals surface area contributed by atoms with Crippen LogP contribution in [0.3, 0.4) is 0 Å². The molecule has 0 fully saturated rings. The van der Waals surface area contributed by atoms with Crippen LogP contribution >= 0.6 is 0 Å². The number of rotatable bonds is 13. The molecule has 0 aliphatic heterocycles. The summed E-state index contributed by atoms with van der Waals surface area (Å²) in [6.07, 6.45) is 3.75. The highest BCUT2D eigenvalue weighted by Crippen LogP contribution is 2.34. The second kappa shape index (κ2) is 13.1. The van der Waals surface area contributed by atoms with E-state index < -0.39 is 6.04 Å². The molecule has 1 aromatic carbocycles. The first-order valence-electron chi connectivity index (χ1n) is 11.5. The molecule has 31 heavy (non-hydrogen) atoms. The average molecular weight is 432 g/mol. The molecule has 0 saturated carbocycles. The fourth-order valence-corrected chi connectivity index (χ4v) is 3.65. The molecule has 6 heteroatoms. The molecule has 3 atom stereocenters.